The number of hydrogen-bond acceptors (Lipinski definition) is 4. The summed E-state index contributed by atoms with van der Waals surface area (Å²) < 4.78 is 15.9. The van der Waals surface area contributed by atoms with Crippen molar-refractivity contribution >= 4 is 23.1 Å². The van der Waals surface area contributed by atoms with Gasteiger partial charge in [-0.25, -0.2) is 9.37 Å². The third kappa shape index (κ3) is 4.18. The Hall–Kier alpha value is -3.26. The zero-order chi connectivity index (χ0) is 21.1. The van der Waals surface area contributed by atoms with Gasteiger partial charge in [-0.3, -0.25) is 14.0 Å². The number of imidazole rings is 1. The van der Waals surface area contributed by atoms with Crippen molar-refractivity contribution in [2.75, 3.05) is 5.32 Å². The van der Waals surface area contributed by atoms with E-state index in [9.17, 15) is 19.1 Å². The fraction of sp³-hybridized carbons (Fsp3) is 0.318. The van der Waals surface area contributed by atoms with Gasteiger partial charge in [-0.1, -0.05) is 25.3 Å². The van der Waals surface area contributed by atoms with Crippen LogP contribution in [0.4, 0.5) is 10.1 Å². The number of aliphatic hydroxyl groups excluding tert-OH is 1. The van der Waals surface area contributed by atoms with Gasteiger partial charge in [0, 0.05) is 11.8 Å². The number of aliphatic hydroxyl groups is 1. The second-order valence-electron chi connectivity index (χ2n) is 7.51. The predicted octanol–water partition coefficient (Wildman–Crippen LogP) is 3.15. The molecule has 2 heterocycles. The van der Waals surface area contributed by atoms with Crippen LogP contribution in [0.3, 0.4) is 0 Å². The lowest BCUT2D eigenvalue weighted by Crippen LogP contribution is -2.42. The Kier molecular flexibility index (Phi) is 5.76. The first-order valence-corrected chi connectivity index (χ1v) is 10.0. The van der Waals surface area contributed by atoms with Gasteiger partial charge in [-0.05, 0) is 43.2 Å². The van der Waals surface area contributed by atoms with Gasteiger partial charge in [0.1, 0.15) is 17.2 Å². The summed E-state index contributed by atoms with van der Waals surface area (Å²) in [5, 5.41) is 15.6. The van der Waals surface area contributed by atoms with E-state index in [1.807, 2.05) is 0 Å². The number of anilines is 1. The maximum atomic E-state index is 14.3. The zero-order valence-electron chi connectivity index (χ0n) is 16.3. The molecule has 8 heteroatoms. The molecule has 1 saturated carbocycles. The smallest absolute Gasteiger partial charge is 0.274 e. The summed E-state index contributed by atoms with van der Waals surface area (Å²) in [6.45, 7) is 0. The number of rotatable bonds is 4. The van der Waals surface area contributed by atoms with Crippen LogP contribution >= 0.6 is 0 Å². The summed E-state index contributed by atoms with van der Waals surface area (Å²) in [7, 11) is 0. The molecule has 2 atom stereocenters. The Balaban J connectivity index is 1.51. The van der Waals surface area contributed by atoms with Gasteiger partial charge in [0.15, 0.2) is 0 Å². The Morgan fingerprint density at radius 1 is 1.10 bits per heavy atom. The SMILES string of the molecule is O=C(N[C@@H]1CCCCC[C@H]1O)c1ccc(F)c(NC(=O)c2cnc3ccccn23)c1. The van der Waals surface area contributed by atoms with E-state index in [1.54, 1.807) is 28.8 Å². The first-order valence-electron chi connectivity index (χ1n) is 10.0. The van der Waals surface area contributed by atoms with E-state index in [-0.39, 0.29) is 23.0 Å². The molecule has 0 aliphatic heterocycles. The van der Waals surface area contributed by atoms with E-state index in [2.05, 4.69) is 15.6 Å². The molecule has 2 amide bonds. The van der Waals surface area contributed by atoms with E-state index in [0.717, 1.165) is 25.3 Å². The standard InChI is InChI=1S/C22H23FN4O3/c23-15-10-9-14(21(29)25-16-6-2-1-3-7-19(16)28)12-17(15)26-22(30)18-13-24-20-8-4-5-11-27(18)20/h4-5,8-13,16,19,28H,1-3,6-7H2,(H,25,29)(H,26,30)/t16-,19-/m1/s1. The third-order valence-electron chi connectivity index (χ3n) is 5.42. The predicted molar refractivity (Wildman–Crippen MR) is 110 cm³/mol. The molecule has 1 fully saturated rings. The molecule has 0 spiro atoms. The highest BCUT2D eigenvalue weighted by molar-refractivity contribution is 6.04. The second-order valence-corrected chi connectivity index (χ2v) is 7.51. The molecule has 0 radical (unpaired) electrons. The molecule has 2 aromatic heterocycles. The van der Waals surface area contributed by atoms with Crippen LogP contribution in [0.25, 0.3) is 5.65 Å². The quantitative estimate of drug-likeness (QED) is 0.576. The highest BCUT2D eigenvalue weighted by Crippen LogP contribution is 2.21. The minimum Gasteiger partial charge on any atom is -0.391 e. The number of hydrogen-bond donors (Lipinski definition) is 3. The van der Waals surface area contributed by atoms with E-state index in [4.69, 9.17) is 0 Å². The maximum absolute atomic E-state index is 14.3. The Labute approximate surface area is 172 Å². The molecule has 0 saturated heterocycles. The molecule has 1 aromatic carbocycles. The monoisotopic (exact) mass is 410 g/mol. The summed E-state index contributed by atoms with van der Waals surface area (Å²) in [5.74, 6) is -1.60. The van der Waals surface area contributed by atoms with E-state index in [1.165, 1.54) is 18.3 Å². The lowest BCUT2D eigenvalue weighted by molar-refractivity contribution is 0.0818. The number of nitrogens with zero attached hydrogens (tertiary/aromatic N) is 2. The molecule has 7 nitrogen and oxygen atoms in total. The minimum atomic E-state index is -0.650. The largest absolute Gasteiger partial charge is 0.391 e. The average Bonchev–Trinajstić information content (AvgIpc) is 3.08. The first kappa shape index (κ1) is 20.0. The van der Waals surface area contributed by atoms with E-state index in [0.29, 0.717) is 18.5 Å². The van der Waals surface area contributed by atoms with E-state index < -0.39 is 23.7 Å². The number of benzene rings is 1. The molecule has 3 N–H and O–H groups in total. The Morgan fingerprint density at radius 2 is 1.93 bits per heavy atom. The topological polar surface area (TPSA) is 95.7 Å². The van der Waals surface area contributed by atoms with Crippen molar-refractivity contribution in [3.8, 4) is 0 Å². The van der Waals surface area contributed by atoms with Gasteiger partial charge < -0.3 is 15.7 Å². The third-order valence-corrected chi connectivity index (χ3v) is 5.42. The van der Waals surface area contributed by atoms with Crippen molar-refractivity contribution in [2.24, 2.45) is 0 Å². The highest BCUT2D eigenvalue weighted by Gasteiger charge is 2.24. The molecule has 30 heavy (non-hydrogen) atoms. The molecule has 0 bridgehead atoms. The fourth-order valence-corrected chi connectivity index (χ4v) is 3.76. The molecule has 0 unspecified atom stereocenters. The highest BCUT2D eigenvalue weighted by atomic mass is 19.1. The lowest BCUT2D eigenvalue weighted by Gasteiger charge is -2.22. The van der Waals surface area contributed by atoms with Gasteiger partial charge in [-0.2, -0.15) is 0 Å². The Morgan fingerprint density at radius 3 is 2.80 bits per heavy atom. The van der Waals surface area contributed by atoms with Crippen molar-refractivity contribution in [2.45, 2.75) is 44.2 Å². The van der Waals surface area contributed by atoms with Crippen LogP contribution in [0, 0.1) is 5.82 Å². The maximum Gasteiger partial charge on any atom is 0.274 e. The number of nitrogens with one attached hydrogen (secondary N) is 2. The minimum absolute atomic E-state index is 0.0973. The molecule has 3 aromatic rings. The molecular formula is C22H23FN4O3. The summed E-state index contributed by atoms with van der Waals surface area (Å²) >= 11 is 0. The number of carbonyl (C=O) groups excluding carboxylic acids is 2. The van der Waals surface area contributed by atoms with Crippen molar-refractivity contribution in [3.63, 3.8) is 0 Å². The number of aromatic nitrogens is 2. The van der Waals surface area contributed by atoms with Crippen molar-refractivity contribution in [3.05, 3.63) is 65.9 Å². The van der Waals surface area contributed by atoms with Gasteiger partial charge in [0.25, 0.3) is 11.8 Å². The average molecular weight is 410 g/mol. The molecule has 156 valence electrons. The van der Waals surface area contributed by atoms with Crippen molar-refractivity contribution < 1.29 is 19.1 Å². The summed E-state index contributed by atoms with van der Waals surface area (Å²) in [6, 6.07) is 8.79. The first-order chi connectivity index (χ1) is 14.5. The second kappa shape index (κ2) is 8.62. The van der Waals surface area contributed by atoms with Gasteiger partial charge in [0.2, 0.25) is 0 Å². The van der Waals surface area contributed by atoms with Gasteiger partial charge in [-0.15, -0.1) is 0 Å². The van der Waals surface area contributed by atoms with E-state index >= 15 is 0 Å². The Bertz CT molecular complexity index is 1080. The van der Waals surface area contributed by atoms with Crippen LogP contribution in [-0.2, 0) is 0 Å². The van der Waals surface area contributed by atoms with Crippen LogP contribution < -0.4 is 10.6 Å². The van der Waals surface area contributed by atoms with Crippen LogP contribution in [0.15, 0.2) is 48.8 Å². The number of halogens is 1. The fourth-order valence-electron chi connectivity index (χ4n) is 3.76. The number of fused-ring (bicyclic) bond motifs is 1. The normalized spacial score (nSPS) is 19.3. The van der Waals surface area contributed by atoms with Crippen LogP contribution in [-0.4, -0.2) is 38.5 Å². The lowest BCUT2D eigenvalue weighted by atomic mass is 10.1. The van der Waals surface area contributed by atoms with Crippen LogP contribution in [0.2, 0.25) is 0 Å². The molecule has 4 rings (SSSR count). The molecular weight excluding hydrogens is 387 g/mol. The van der Waals surface area contributed by atoms with Crippen LogP contribution in [0.1, 0.15) is 53.0 Å². The number of amides is 2. The summed E-state index contributed by atoms with van der Waals surface area (Å²) in [5.41, 5.74) is 0.959. The van der Waals surface area contributed by atoms with Gasteiger partial charge in [0.05, 0.1) is 24.0 Å². The molecule has 1 aliphatic rings. The van der Waals surface area contributed by atoms with Crippen molar-refractivity contribution in [1.29, 1.82) is 0 Å². The summed E-state index contributed by atoms with van der Waals surface area (Å²) in [4.78, 5) is 29.5. The van der Waals surface area contributed by atoms with Crippen molar-refractivity contribution in [1.82, 2.24) is 14.7 Å². The van der Waals surface area contributed by atoms with Gasteiger partial charge >= 0.3 is 0 Å². The number of pyridine rings is 1. The summed E-state index contributed by atoms with van der Waals surface area (Å²) in [6.07, 6.45) is 6.75. The number of carbonyl (C=O) groups is 2. The van der Waals surface area contributed by atoms with Crippen LogP contribution in [0.5, 0.6) is 0 Å². The molecule has 1 aliphatic carbocycles. The zero-order valence-corrected chi connectivity index (χ0v) is 16.3.